The van der Waals surface area contributed by atoms with E-state index in [1.807, 2.05) is 0 Å². The van der Waals surface area contributed by atoms with E-state index in [0.717, 1.165) is 41.7 Å². The summed E-state index contributed by atoms with van der Waals surface area (Å²) in [6.45, 7) is 2.27. The van der Waals surface area contributed by atoms with Crippen molar-refractivity contribution in [2.75, 3.05) is 0 Å². The molecule has 26 heavy (non-hydrogen) atoms. The third-order valence-electron chi connectivity index (χ3n) is 7.64. The summed E-state index contributed by atoms with van der Waals surface area (Å²) in [4.78, 5) is 14.3. The van der Waals surface area contributed by atoms with E-state index >= 15 is 0 Å². The third kappa shape index (κ3) is 3.10. The molecule has 4 bridgehead atoms. The fourth-order valence-corrected chi connectivity index (χ4v) is 7.05. The first-order valence-electron chi connectivity index (χ1n) is 10.7. The van der Waals surface area contributed by atoms with E-state index in [9.17, 15) is 0 Å². The van der Waals surface area contributed by atoms with Crippen molar-refractivity contribution in [1.82, 2.24) is 15.0 Å². The van der Waals surface area contributed by atoms with E-state index in [4.69, 9.17) is 16.6 Å². The molecular formula is C22H30ClN3. The van der Waals surface area contributed by atoms with Gasteiger partial charge >= 0.3 is 0 Å². The fraction of sp³-hybridized carbons (Fsp3) is 0.773. The second-order valence-electron chi connectivity index (χ2n) is 9.77. The summed E-state index contributed by atoms with van der Waals surface area (Å²) in [6, 6.07) is 0. The highest BCUT2D eigenvalue weighted by Gasteiger charge is 2.53. The first-order valence-corrected chi connectivity index (χ1v) is 11.0. The van der Waals surface area contributed by atoms with E-state index in [2.05, 4.69) is 29.0 Å². The van der Waals surface area contributed by atoms with Gasteiger partial charge in [-0.3, -0.25) is 0 Å². The molecule has 3 nitrogen and oxygen atoms in total. The third-order valence-corrected chi connectivity index (χ3v) is 7.81. The average molecular weight is 372 g/mol. The van der Waals surface area contributed by atoms with Crippen LogP contribution >= 0.6 is 11.6 Å². The molecule has 1 heterocycles. The van der Waals surface area contributed by atoms with Crippen molar-refractivity contribution >= 4 is 11.6 Å². The molecule has 1 aromatic rings. The monoisotopic (exact) mass is 371 g/mol. The predicted molar refractivity (Wildman–Crippen MR) is 104 cm³/mol. The zero-order valence-corrected chi connectivity index (χ0v) is 16.6. The standard InChI is InChI=1S/C22H30ClN3/c1-14(7-15-5-3-2-4-6-15)19-24-20(26-21(23)25-19)22-11-16-8-17(12-22)10-18(9-16)13-22/h2-3,14-18H,4-13H2,1H3. The number of hydrogen-bond donors (Lipinski definition) is 0. The smallest absolute Gasteiger partial charge is 0.217 e. The first kappa shape index (κ1) is 17.2. The molecule has 0 saturated heterocycles. The van der Waals surface area contributed by atoms with Gasteiger partial charge in [-0.15, -0.1) is 0 Å². The zero-order chi connectivity index (χ0) is 17.7. The first-order chi connectivity index (χ1) is 12.6. The average Bonchev–Trinajstić information content (AvgIpc) is 2.61. The maximum atomic E-state index is 6.40. The van der Waals surface area contributed by atoms with Crippen molar-refractivity contribution in [2.24, 2.45) is 23.7 Å². The Kier molecular flexibility index (Phi) is 4.34. The zero-order valence-electron chi connectivity index (χ0n) is 15.8. The summed E-state index contributed by atoms with van der Waals surface area (Å²) in [5.41, 5.74) is 0.198. The van der Waals surface area contributed by atoms with E-state index < -0.39 is 0 Å². The normalized spacial score (nSPS) is 39.3. The van der Waals surface area contributed by atoms with Crippen molar-refractivity contribution < 1.29 is 0 Å². The van der Waals surface area contributed by atoms with Gasteiger partial charge < -0.3 is 0 Å². The molecule has 0 aromatic carbocycles. The Bertz CT molecular complexity index is 678. The van der Waals surface area contributed by atoms with Crippen LogP contribution < -0.4 is 0 Å². The van der Waals surface area contributed by atoms with Gasteiger partial charge in [-0.2, -0.15) is 0 Å². The van der Waals surface area contributed by atoms with Gasteiger partial charge in [0.05, 0.1) is 0 Å². The molecule has 6 rings (SSSR count). The quantitative estimate of drug-likeness (QED) is 0.624. The highest BCUT2D eigenvalue weighted by atomic mass is 35.5. The molecule has 1 aromatic heterocycles. The number of aromatic nitrogens is 3. The summed E-state index contributed by atoms with van der Waals surface area (Å²) in [7, 11) is 0. The molecule has 0 N–H and O–H groups in total. The fourth-order valence-electron chi connectivity index (χ4n) is 6.88. The number of halogens is 1. The second-order valence-corrected chi connectivity index (χ2v) is 10.1. The Labute approximate surface area is 162 Å². The van der Waals surface area contributed by atoms with Crippen molar-refractivity contribution in [3.63, 3.8) is 0 Å². The Morgan fingerprint density at radius 2 is 1.73 bits per heavy atom. The SMILES string of the molecule is CC(CC1CC=CCC1)c1nc(Cl)nc(C23CC4CC(CC(C4)C2)C3)n1. The summed E-state index contributed by atoms with van der Waals surface area (Å²) < 4.78 is 0. The van der Waals surface area contributed by atoms with Crippen LogP contribution in [0.15, 0.2) is 12.2 Å². The molecule has 0 radical (unpaired) electrons. The van der Waals surface area contributed by atoms with Crippen LogP contribution in [-0.2, 0) is 5.41 Å². The van der Waals surface area contributed by atoms with E-state index in [1.165, 1.54) is 57.8 Å². The van der Waals surface area contributed by atoms with E-state index in [0.29, 0.717) is 11.2 Å². The summed E-state index contributed by atoms with van der Waals surface area (Å²) >= 11 is 6.40. The van der Waals surface area contributed by atoms with Crippen LogP contribution in [0.1, 0.15) is 88.7 Å². The van der Waals surface area contributed by atoms with Crippen LogP contribution in [0, 0.1) is 23.7 Å². The minimum absolute atomic E-state index is 0.198. The van der Waals surface area contributed by atoms with Gasteiger partial charge in [0, 0.05) is 11.3 Å². The maximum Gasteiger partial charge on any atom is 0.225 e. The van der Waals surface area contributed by atoms with Crippen molar-refractivity contribution in [3.8, 4) is 0 Å². The van der Waals surface area contributed by atoms with Crippen LogP contribution in [0.25, 0.3) is 0 Å². The number of rotatable bonds is 4. The molecule has 4 saturated carbocycles. The lowest BCUT2D eigenvalue weighted by molar-refractivity contribution is -0.00965. The Hall–Kier alpha value is -0.960. The minimum atomic E-state index is 0.198. The Balaban J connectivity index is 1.41. The number of allylic oxidation sites excluding steroid dienone is 2. The molecule has 0 spiro atoms. The van der Waals surface area contributed by atoms with Crippen molar-refractivity contribution in [1.29, 1.82) is 0 Å². The summed E-state index contributed by atoms with van der Waals surface area (Å²) in [5, 5.41) is 0.413. The molecular weight excluding hydrogens is 342 g/mol. The highest BCUT2D eigenvalue weighted by molar-refractivity contribution is 6.28. The summed E-state index contributed by atoms with van der Waals surface area (Å²) in [6.07, 6.45) is 17.7. The van der Waals surface area contributed by atoms with Crippen LogP contribution in [0.4, 0.5) is 0 Å². The van der Waals surface area contributed by atoms with Crippen molar-refractivity contribution in [3.05, 3.63) is 29.1 Å². The lowest BCUT2D eigenvalue weighted by Crippen LogP contribution is -2.49. The van der Waals surface area contributed by atoms with Crippen molar-refractivity contribution in [2.45, 2.75) is 82.5 Å². The van der Waals surface area contributed by atoms with Gasteiger partial charge in [0.1, 0.15) is 11.6 Å². The highest BCUT2D eigenvalue weighted by Crippen LogP contribution is 2.60. The molecule has 0 amide bonds. The molecule has 4 fully saturated rings. The molecule has 5 aliphatic rings. The van der Waals surface area contributed by atoms with Gasteiger partial charge in [-0.05, 0) is 99.5 Å². The molecule has 5 aliphatic carbocycles. The number of nitrogens with zero attached hydrogens (tertiary/aromatic N) is 3. The molecule has 4 heteroatoms. The van der Waals surface area contributed by atoms with E-state index in [-0.39, 0.29) is 5.41 Å². The second kappa shape index (κ2) is 6.58. The van der Waals surface area contributed by atoms with Gasteiger partial charge in [0.25, 0.3) is 0 Å². The molecule has 0 aliphatic heterocycles. The van der Waals surface area contributed by atoms with Crippen LogP contribution in [0.5, 0.6) is 0 Å². The van der Waals surface area contributed by atoms with Gasteiger partial charge in [0.2, 0.25) is 5.28 Å². The lowest BCUT2D eigenvalue weighted by atomic mass is 9.49. The molecule has 2 unspecified atom stereocenters. The van der Waals surface area contributed by atoms with E-state index in [1.54, 1.807) is 0 Å². The van der Waals surface area contributed by atoms with Crippen LogP contribution in [0.3, 0.4) is 0 Å². The molecule has 140 valence electrons. The van der Waals surface area contributed by atoms with Crippen LogP contribution in [-0.4, -0.2) is 15.0 Å². The number of hydrogen-bond acceptors (Lipinski definition) is 3. The predicted octanol–water partition coefficient (Wildman–Crippen LogP) is 5.84. The molecule has 2 atom stereocenters. The Morgan fingerprint density at radius 1 is 1.04 bits per heavy atom. The van der Waals surface area contributed by atoms with Gasteiger partial charge in [-0.25, -0.2) is 15.0 Å². The largest absolute Gasteiger partial charge is 0.225 e. The van der Waals surface area contributed by atoms with Gasteiger partial charge in [0.15, 0.2) is 0 Å². The topological polar surface area (TPSA) is 38.7 Å². The Morgan fingerprint density at radius 3 is 2.35 bits per heavy atom. The maximum absolute atomic E-state index is 6.40. The summed E-state index contributed by atoms with van der Waals surface area (Å²) in [5.74, 6) is 5.77. The van der Waals surface area contributed by atoms with Crippen LogP contribution in [0.2, 0.25) is 5.28 Å². The lowest BCUT2D eigenvalue weighted by Gasteiger charge is -2.55. The van der Waals surface area contributed by atoms with Gasteiger partial charge in [-0.1, -0.05) is 19.1 Å². The minimum Gasteiger partial charge on any atom is -0.217 e.